The van der Waals surface area contributed by atoms with Crippen molar-refractivity contribution in [3.8, 4) is 0 Å². The molecule has 106 valence electrons. The van der Waals surface area contributed by atoms with Crippen LogP contribution in [0.2, 0.25) is 5.02 Å². The molecular weight excluding hydrogens is 280 g/mol. The smallest absolute Gasteiger partial charge is 0.0621 e. The molecule has 3 rings (SSSR count). The van der Waals surface area contributed by atoms with E-state index in [2.05, 4.69) is 47.4 Å². The van der Waals surface area contributed by atoms with E-state index in [1.165, 1.54) is 16.3 Å². The van der Waals surface area contributed by atoms with Gasteiger partial charge in [0.25, 0.3) is 0 Å². The summed E-state index contributed by atoms with van der Waals surface area (Å²) in [4.78, 5) is 4.00. The zero-order chi connectivity index (χ0) is 14.7. The second-order valence-electron chi connectivity index (χ2n) is 5.32. The first-order valence-corrected chi connectivity index (χ1v) is 7.42. The van der Waals surface area contributed by atoms with E-state index in [1.54, 1.807) is 12.4 Å². The van der Waals surface area contributed by atoms with Gasteiger partial charge in [-0.1, -0.05) is 54.1 Å². The molecule has 0 aliphatic heterocycles. The van der Waals surface area contributed by atoms with E-state index >= 15 is 0 Å². The second-order valence-corrected chi connectivity index (χ2v) is 5.72. The quantitative estimate of drug-likeness (QED) is 0.790. The van der Waals surface area contributed by atoms with Crippen molar-refractivity contribution in [2.24, 2.45) is 5.73 Å². The van der Waals surface area contributed by atoms with Crippen molar-refractivity contribution in [1.82, 2.24) is 4.98 Å². The van der Waals surface area contributed by atoms with Crippen LogP contribution in [0.25, 0.3) is 10.8 Å². The van der Waals surface area contributed by atoms with Gasteiger partial charge >= 0.3 is 0 Å². The summed E-state index contributed by atoms with van der Waals surface area (Å²) in [5, 5.41) is 3.20. The van der Waals surface area contributed by atoms with Gasteiger partial charge in [0, 0.05) is 18.4 Å². The minimum atomic E-state index is 0.0473. The first-order valence-electron chi connectivity index (χ1n) is 7.04. The van der Waals surface area contributed by atoms with E-state index in [4.69, 9.17) is 17.3 Å². The molecule has 0 saturated carbocycles. The molecule has 0 aliphatic rings. The van der Waals surface area contributed by atoms with Crippen LogP contribution in [-0.4, -0.2) is 11.0 Å². The number of nitrogens with zero attached hydrogens (tertiary/aromatic N) is 1. The number of rotatable bonds is 4. The number of hydrogen-bond acceptors (Lipinski definition) is 2. The molecular formula is C18H17ClN2. The van der Waals surface area contributed by atoms with Crippen molar-refractivity contribution in [3.63, 3.8) is 0 Å². The van der Waals surface area contributed by atoms with Crippen LogP contribution in [0.15, 0.2) is 60.9 Å². The Morgan fingerprint density at radius 2 is 1.81 bits per heavy atom. The fourth-order valence-corrected chi connectivity index (χ4v) is 2.79. The number of nitrogens with two attached hydrogens (primary N) is 1. The predicted molar refractivity (Wildman–Crippen MR) is 88.6 cm³/mol. The molecule has 2 aromatic carbocycles. The average Bonchev–Trinajstić information content (AvgIpc) is 2.49. The monoisotopic (exact) mass is 296 g/mol. The maximum atomic E-state index is 6.27. The van der Waals surface area contributed by atoms with Crippen LogP contribution >= 0.6 is 11.6 Å². The standard InChI is InChI=1S/C18H17ClN2/c19-18-12-21-8-7-16(18)11-17(20)10-13-5-6-14-3-1-2-4-15(14)9-13/h1-9,12,17H,10-11,20H2. The Bertz CT molecular complexity index is 755. The largest absolute Gasteiger partial charge is 0.327 e. The highest BCUT2D eigenvalue weighted by Gasteiger charge is 2.08. The lowest BCUT2D eigenvalue weighted by atomic mass is 9.98. The molecule has 0 aliphatic carbocycles. The zero-order valence-electron chi connectivity index (χ0n) is 11.7. The molecule has 0 radical (unpaired) electrons. The van der Waals surface area contributed by atoms with Crippen molar-refractivity contribution in [2.45, 2.75) is 18.9 Å². The van der Waals surface area contributed by atoms with Crippen LogP contribution in [0.4, 0.5) is 0 Å². The number of aromatic nitrogens is 1. The summed E-state index contributed by atoms with van der Waals surface area (Å²) in [6, 6.07) is 16.9. The van der Waals surface area contributed by atoms with Gasteiger partial charge in [-0.2, -0.15) is 0 Å². The number of fused-ring (bicyclic) bond motifs is 1. The average molecular weight is 297 g/mol. The van der Waals surface area contributed by atoms with E-state index in [0.717, 1.165) is 18.4 Å². The van der Waals surface area contributed by atoms with Gasteiger partial charge in [0.2, 0.25) is 0 Å². The van der Waals surface area contributed by atoms with Crippen LogP contribution in [0.1, 0.15) is 11.1 Å². The molecule has 1 atom stereocenters. The summed E-state index contributed by atoms with van der Waals surface area (Å²) < 4.78 is 0. The van der Waals surface area contributed by atoms with Crippen molar-refractivity contribution in [1.29, 1.82) is 0 Å². The minimum Gasteiger partial charge on any atom is -0.327 e. The third-order valence-corrected chi connectivity index (χ3v) is 3.99. The zero-order valence-corrected chi connectivity index (χ0v) is 12.4. The van der Waals surface area contributed by atoms with Gasteiger partial charge in [-0.25, -0.2) is 0 Å². The van der Waals surface area contributed by atoms with Crippen LogP contribution < -0.4 is 5.73 Å². The highest BCUT2D eigenvalue weighted by atomic mass is 35.5. The van der Waals surface area contributed by atoms with Gasteiger partial charge < -0.3 is 5.73 Å². The Labute approximate surface area is 129 Å². The lowest BCUT2D eigenvalue weighted by molar-refractivity contribution is 0.665. The Balaban J connectivity index is 1.74. The molecule has 0 spiro atoms. The molecule has 21 heavy (non-hydrogen) atoms. The number of pyridine rings is 1. The fourth-order valence-electron chi connectivity index (χ4n) is 2.59. The van der Waals surface area contributed by atoms with Crippen molar-refractivity contribution >= 4 is 22.4 Å². The van der Waals surface area contributed by atoms with Gasteiger partial charge in [-0.05, 0) is 40.8 Å². The number of hydrogen-bond donors (Lipinski definition) is 1. The van der Waals surface area contributed by atoms with Gasteiger partial charge in [0.15, 0.2) is 0 Å². The Morgan fingerprint density at radius 1 is 1.00 bits per heavy atom. The highest BCUT2D eigenvalue weighted by molar-refractivity contribution is 6.31. The molecule has 2 nitrogen and oxygen atoms in total. The molecule has 1 heterocycles. The lowest BCUT2D eigenvalue weighted by Crippen LogP contribution is -2.25. The summed E-state index contributed by atoms with van der Waals surface area (Å²) in [6.45, 7) is 0. The summed E-state index contributed by atoms with van der Waals surface area (Å²) in [7, 11) is 0. The van der Waals surface area contributed by atoms with E-state index in [0.29, 0.717) is 5.02 Å². The lowest BCUT2D eigenvalue weighted by Gasteiger charge is -2.13. The molecule has 2 N–H and O–H groups in total. The second kappa shape index (κ2) is 6.25. The third-order valence-electron chi connectivity index (χ3n) is 3.65. The summed E-state index contributed by atoms with van der Waals surface area (Å²) in [6.07, 6.45) is 5.02. The normalized spacial score (nSPS) is 12.5. The van der Waals surface area contributed by atoms with Gasteiger partial charge in [0.1, 0.15) is 0 Å². The Morgan fingerprint density at radius 3 is 2.62 bits per heavy atom. The summed E-state index contributed by atoms with van der Waals surface area (Å²) >= 11 is 6.13. The van der Waals surface area contributed by atoms with Crippen molar-refractivity contribution < 1.29 is 0 Å². The molecule has 3 heteroatoms. The van der Waals surface area contributed by atoms with Crippen LogP contribution in [-0.2, 0) is 12.8 Å². The molecule has 1 unspecified atom stereocenters. The van der Waals surface area contributed by atoms with Crippen LogP contribution in [0.5, 0.6) is 0 Å². The Hall–Kier alpha value is -1.90. The topological polar surface area (TPSA) is 38.9 Å². The van der Waals surface area contributed by atoms with Crippen molar-refractivity contribution in [3.05, 3.63) is 77.1 Å². The van der Waals surface area contributed by atoms with Crippen molar-refractivity contribution in [2.75, 3.05) is 0 Å². The first-order chi connectivity index (χ1) is 10.2. The van der Waals surface area contributed by atoms with E-state index in [-0.39, 0.29) is 6.04 Å². The summed E-state index contributed by atoms with van der Waals surface area (Å²) in [5.41, 5.74) is 8.58. The maximum Gasteiger partial charge on any atom is 0.0621 e. The van der Waals surface area contributed by atoms with E-state index < -0.39 is 0 Å². The highest BCUT2D eigenvalue weighted by Crippen LogP contribution is 2.19. The molecule has 0 fully saturated rings. The minimum absolute atomic E-state index is 0.0473. The predicted octanol–water partition coefficient (Wildman–Crippen LogP) is 4.00. The van der Waals surface area contributed by atoms with Gasteiger partial charge in [0.05, 0.1) is 5.02 Å². The van der Waals surface area contributed by atoms with Gasteiger partial charge in [-0.3, -0.25) is 4.98 Å². The van der Waals surface area contributed by atoms with Crippen LogP contribution in [0.3, 0.4) is 0 Å². The van der Waals surface area contributed by atoms with Gasteiger partial charge in [-0.15, -0.1) is 0 Å². The fraction of sp³-hybridized carbons (Fsp3) is 0.167. The van der Waals surface area contributed by atoms with E-state index in [9.17, 15) is 0 Å². The third kappa shape index (κ3) is 3.41. The number of benzene rings is 2. The molecule has 0 bridgehead atoms. The molecule has 3 aromatic rings. The summed E-state index contributed by atoms with van der Waals surface area (Å²) in [5.74, 6) is 0. The van der Waals surface area contributed by atoms with E-state index in [1.807, 2.05) is 6.07 Å². The van der Waals surface area contributed by atoms with Crippen LogP contribution in [0, 0.1) is 0 Å². The SMILES string of the molecule is NC(Cc1ccc2ccccc2c1)Cc1ccncc1Cl. The molecule has 0 amide bonds. The maximum absolute atomic E-state index is 6.27. The number of halogens is 1. The molecule has 0 saturated heterocycles. The Kier molecular flexibility index (Phi) is 4.18. The first kappa shape index (κ1) is 14.1. The molecule has 1 aromatic heterocycles.